The Morgan fingerprint density at radius 2 is 1.49 bits per heavy atom. The zero-order chi connectivity index (χ0) is 28.6. The van der Waals surface area contributed by atoms with E-state index in [0.29, 0.717) is 31.4 Å². The number of ketones is 1. The summed E-state index contributed by atoms with van der Waals surface area (Å²) in [5.74, 6) is -1.33. The number of carbonyl (C=O) groups excluding carboxylic acids is 2. The summed E-state index contributed by atoms with van der Waals surface area (Å²) in [4.78, 5) is 31.5. The normalized spacial score (nSPS) is 18.8. The van der Waals surface area contributed by atoms with Crippen LogP contribution in [0.25, 0.3) is 0 Å². The lowest BCUT2D eigenvalue weighted by Gasteiger charge is -2.25. The first-order valence-corrected chi connectivity index (χ1v) is 14.4. The van der Waals surface area contributed by atoms with E-state index >= 15 is 0 Å². The first kappa shape index (κ1) is 28.4. The number of carbonyl (C=O) groups is 2. The Balaban J connectivity index is 1.32. The third-order valence-electron chi connectivity index (χ3n) is 8.19. The van der Waals surface area contributed by atoms with Crippen molar-refractivity contribution in [2.45, 2.75) is 50.2 Å². The molecular weight excluding hydrogens is 510 g/mol. The minimum atomic E-state index is -0.780. The van der Waals surface area contributed by atoms with Crippen LogP contribution in [-0.2, 0) is 22.4 Å². The van der Waals surface area contributed by atoms with Crippen molar-refractivity contribution in [3.8, 4) is 0 Å². The van der Waals surface area contributed by atoms with E-state index < -0.39 is 18.1 Å². The fourth-order valence-corrected chi connectivity index (χ4v) is 6.00. The third-order valence-corrected chi connectivity index (χ3v) is 8.19. The second-order valence-corrected chi connectivity index (χ2v) is 10.9. The molecule has 1 aromatic heterocycles. The SMILES string of the molecule is N[C@@H](Cc1ccccc1)C(=O)C1CCCC1C(=O)Nc1ccccc1C[C@@H](c1ccccn1)[C@@H](O)c1ccccc1. The summed E-state index contributed by atoms with van der Waals surface area (Å²) >= 11 is 0. The van der Waals surface area contributed by atoms with Crippen LogP contribution in [0.2, 0.25) is 0 Å². The fraction of sp³-hybridized carbons (Fsp3) is 0.286. The molecule has 6 nitrogen and oxygen atoms in total. The van der Waals surface area contributed by atoms with Gasteiger partial charge in [0.05, 0.1) is 12.1 Å². The molecule has 2 unspecified atom stereocenters. The monoisotopic (exact) mass is 547 g/mol. The zero-order valence-corrected chi connectivity index (χ0v) is 23.1. The second kappa shape index (κ2) is 13.5. The van der Waals surface area contributed by atoms with Crippen LogP contribution in [0.5, 0.6) is 0 Å². The summed E-state index contributed by atoms with van der Waals surface area (Å²) in [5.41, 5.74) is 10.5. The average molecular weight is 548 g/mol. The van der Waals surface area contributed by atoms with E-state index in [0.717, 1.165) is 28.8 Å². The van der Waals surface area contributed by atoms with Crippen molar-refractivity contribution < 1.29 is 14.7 Å². The van der Waals surface area contributed by atoms with E-state index in [1.165, 1.54) is 0 Å². The van der Waals surface area contributed by atoms with Crippen LogP contribution in [0.1, 0.15) is 53.7 Å². The predicted octanol–water partition coefficient (Wildman–Crippen LogP) is 5.64. The van der Waals surface area contributed by atoms with Gasteiger partial charge < -0.3 is 16.2 Å². The first-order chi connectivity index (χ1) is 20.0. The Bertz CT molecular complexity index is 1430. The Morgan fingerprint density at radius 3 is 2.22 bits per heavy atom. The molecule has 41 heavy (non-hydrogen) atoms. The summed E-state index contributed by atoms with van der Waals surface area (Å²) in [6.45, 7) is 0. The number of para-hydroxylation sites is 1. The van der Waals surface area contributed by atoms with Gasteiger partial charge in [-0.25, -0.2) is 0 Å². The number of aromatic nitrogens is 1. The standard InChI is InChI=1S/C35H37N3O3/c36-30(22-24-12-3-1-4-13-24)34(40)27-17-11-18-28(27)35(41)38-31-19-8-7-16-26(31)23-29(32-20-9-10-21-37-32)33(39)25-14-5-2-6-15-25/h1-10,12-16,19-21,27-30,33,39H,11,17-18,22-23,36H2,(H,38,41)/t27?,28?,29-,30-,33-/m0/s1. The number of Topliss-reactive ketones (excluding diaryl/α,β-unsaturated/α-hetero) is 1. The quantitative estimate of drug-likeness (QED) is 0.226. The molecule has 4 N–H and O–H groups in total. The highest BCUT2D eigenvalue weighted by atomic mass is 16.3. The van der Waals surface area contributed by atoms with Gasteiger partial charge in [-0.05, 0) is 60.6 Å². The Kier molecular flexibility index (Phi) is 9.34. The van der Waals surface area contributed by atoms with Crippen molar-refractivity contribution in [2.24, 2.45) is 17.6 Å². The molecule has 6 heteroatoms. The summed E-state index contributed by atoms with van der Waals surface area (Å²) in [7, 11) is 0. The molecule has 0 saturated heterocycles. The van der Waals surface area contributed by atoms with Crippen molar-refractivity contribution >= 4 is 17.4 Å². The van der Waals surface area contributed by atoms with Crippen molar-refractivity contribution in [3.63, 3.8) is 0 Å². The van der Waals surface area contributed by atoms with Gasteiger partial charge >= 0.3 is 0 Å². The number of amides is 1. The van der Waals surface area contributed by atoms with Gasteiger partial charge in [-0.2, -0.15) is 0 Å². The highest BCUT2D eigenvalue weighted by Gasteiger charge is 2.39. The minimum absolute atomic E-state index is 0.0408. The number of hydrogen-bond acceptors (Lipinski definition) is 5. The smallest absolute Gasteiger partial charge is 0.228 e. The molecule has 3 aromatic carbocycles. The third kappa shape index (κ3) is 6.96. The van der Waals surface area contributed by atoms with Crippen LogP contribution >= 0.6 is 0 Å². The van der Waals surface area contributed by atoms with E-state index in [9.17, 15) is 14.7 Å². The van der Waals surface area contributed by atoms with Gasteiger partial charge in [0.25, 0.3) is 0 Å². The maximum Gasteiger partial charge on any atom is 0.228 e. The molecule has 5 rings (SSSR count). The molecule has 1 aliphatic carbocycles. The summed E-state index contributed by atoms with van der Waals surface area (Å²) in [6.07, 6.45) is 4.03. The lowest BCUT2D eigenvalue weighted by atomic mass is 9.85. The molecule has 1 saturated carbocycles. The topological polar surface area (TPSA) is 105 Å². The summed E-state index contributed by atoms with van der Waals surface area (Å²) in [6, 6.07) is 32.0. The largest absolute Gasteiger partial charge is 0.388 e. The predicted molar refractivity (Wildman–Crippen MR) is 161 cm³/mol. The van der Waals surface area contributed by atoms with E-state index in [4.69, 9.17) is 5.73 Å². The summed E-state index contributed by atoms with van der Waals surface area (Å²) in [5, 5.41) is 14.5. The molecule has 1 heterocycles. The zero-order valence-electron chi connectivity index (χ0n) is 23.1. The van der Waals surface area contributed by atoms with Crippen LogP contribution in [0.3, 0.4) is 0 Å². The molecule has 1 aliphatic rings. The number of rotatable bonds is 11. The van der Waals surface area contributed by atoms with E-state index in [2.05, 4.69) is 10.3 Å². The van der Waals surface area contributed by atoms with E-state index in [1.54, 1.807) is 6.20 Å². The van der Waals surface area contributed by atoms with Crippen molar-refractivity contribution in [2.75, 3.05) is 5.32 Å². The average Bonchev–Trinajstić information content (AvgIpc) is 3.51. The molecule has 0 spiro atoms. The molecule has 0 aliphatic heterocycles. The van der Waals surface area contributed by atoms with Crippen molar-refractivity contribution in [1.29, 1.82) is 0 Å². The molecule has 5 atom stereocenters. The maximum absolute atomic E-state index is 13.6. The van der Waals surface area contributed by atoms with Gasteiger partial charge in [0.2, 0.25) is 5.91 Å². The number of nitrogens with one attached hydrogen (secondary N) is 1. The van der Waals surface area contributed by atoms with Gasteiger partial charge in [-0.15, -0.1) is 0 Å². The van der Waals surface area contributed by atoms with Crippen LogP contribution in [0, 0.1) is 11.8 Å². The Hall–Kier alpha value is -4.13. The van der Waals surface area contributed by atoms with Crippen LogP contribution in [0.4, 0.5) is 5.69 Å². The van der Waals surface area contributed by atoms with Crippen LogP contribution in [0.15, 0.2) is 109 Å². The molecular formula is C35H37N3O3. The number of anilines is 1. The molecule has 210 valence electrons. The van der Waals surface area contributed by atoms with Gasteiger partial charge in [-0.1, -0.05) is 91.3 Å². The van der Waals surface area contributed by atoms with Gasteiger partial charge in [-0.3, -0.25) is 14.6 Å². The number of nitrogens with zero attached hydrogens (tertiary/aromatic N) is 1. The van der Waals surface area contributed by atoms with Gasteiger partial charge in [0.1, 0.15) is 0 Å². The number of aliphatic hydroxyl groups excluding tert-OH is 1. The second-order valence-electron chi connectivity index (χ2n) is 10.9. The lowest BCUT2D eigenvalue weighted by Crippen LogP contribution is -2.41. The van der Waals surface area contributed by atoms with E-state index in [-0.39, 0.29) is 23.5 Å². The highest BCUT2D eigenvalue weighted by Crippen LogP contribution is 2.37. The number of pyridine rings is 1. The molecule has 1 fully saturated rings. The molecule has 1 amide bonds. The van der Waals surface area contributed by atoms with Crippen molar-refractivity contribution in [1.82, 2.24) is 4.98 Å². The molecule has 0 bridgehead atoms. The number of aliphatic hydroxyl groups is 1. The highest BCUT2D eigenvalue weighted by molar-refractivity contribution is 5.98. The number of nitrogens with two attached hydrogens (primary N) is 1. The maximum atomic E-state index is 13.6. The van der Waals surface area contributed by atoms with Gasteiger partial charge in [0.15, 0.2) is 5.78 Å². The molecule has 4 aromatic rings. The van der Waals surface area contributed by atoms with Gasteiger partial charge in [0, 0.05) is 35.3 Å². The molecule has 0 radical (unpaired) electrons. The van der Waals surface area contributed by atoms with Crippen LogP contribution < -0.4 is 11.1 Å². The van der Waals surface area contributed by atoms with Crippen LogP contribution in [-0.4, -0.2) is 27.8 Å². The summed E-state index contributed by atoms with van der Waals surface area (Å²) < 4.78 is 0. The Labute approximate surface area is 241 Å². The lowest BCUT2D eigenvalue weighted by molar-refractivity contribution is -0.130. The first-order valence-electron chi connectivity index (χ1n) is 14.4. The Morgan fingerprint density at radius 1 is 0.829 bits per heavy atom. The number of benzene rings is 3. The van der Waals surface area contributed by atoms with Crippen molar-refractivity contribution in [3.05, 3.63) is 132 Å². The number of hydrogen-bond donors (Lipinski definition) is 3. The van der Waals surface area contributed by atoms with E-state index in [1.807, 2.05) is 103 Å². The minimum Gasteiger partial charge on any atom is -0.388 e. The fourth-order valence-electron chi connectivity index (χ4n) is 6.00.